The van der Waals surface area contributed by atoms with E-state index in [0.29, 0.717) is 41.4 Å². The van der Waals surface area contributed by atoms with Crippen LogP contribution < -0.4 is 10.5 Å². The zero-order valence-corrected chi connectivity index (χ0v) is 16.7. The maximum atomic E-state index is 13.1. The summed E-state index contributed by atoms with van der Waals surface area (Å²) in [5.41, 5.74) is 2.60. The highest BCUT2D eigenvalue weighted by molar-refractivity contribution is 5.60. The second-order valence-electron chi connectivity index (χ2n) is 7.33. The number of fused-ring (bicyclic) bond motifs is 2. The first-order valence-electron chi connectivity index (χ1n) is 9.38. The van der Waals surface area contributed by atoms with Crippen molar-refractivity contribution in [2.75, 3.05) is 18.6 Å². The van der Waals surface area contributed by atoms with Crippen LogP contribution in [0.5, 0.6) is 0 Å². The Morgan fingerprint density at radius 2 is 1.97 bits per heavy atom. The maximum absolute atomic E-state index is 13.1. The summed E-state index contributed by atoms with van der Waals surface area (Å²) in [7, 11) is 1.52. The van der Waals surface area contributed by atoms with Gasteiger partial charge in [0.25, 0.3) is 5.56 Å². The molecule has 0 bridgehead atoms. The molecular weight excluding hydrogens is 399 g/mol. The normalized spacial score (nSPS) is 14.3. The first-order chi connectivity index (χ1) is 14.2. The predicted molar refractivity (Wildman–Crippen MR) is 103 cm³/mol. The van der Waals surface area contributed by atoms with Crippen LogP contribution in [0.15, 0.2) is 23.1 Å². The van der Waals surface area contributed by atoms with Gasteiger partial charge in [-0.2, -0.15) is 17.7 Å². The van der Waals surface area contributed by atoms with Crippen LogP contribution in [0, 0.1) is 13.8 Å². The van der Waals surface area contributed by atoms with E-state index in [2.05, 4.69) is 15.1 Å². The molecule has 0 radical (unpaired) electrons. The number of ether oxygens (including phenoxy) is 1. The van der Waals surface area contributed by atoms with Gasteiger partial charge in [0.1, 0.15) is 0 Å². The van der Waals surface area contributed by atoms with E-state index in [1.165, 1.54) is 17.7 Å². The Hall–Kier alpha value is -3.01. The fourth-order valence-corrected chi connectivity index (χ4v) is 3.65. The molecule has 3 aromatic rings. The Labute approximate surface area is 170 Å². The molecule has 0 unspecified atom stereocenters. The summed E-state index contributed by atoms with van der Waals surface area (Å²) in [6.07, 6.45) is -3.08. The maximum Gasteiger partial charge on any atom is 0.417 e. The van der Waals surface area contributed by atoms with Crippen molar-refractivity contribution in [1.29, 1.82) is 0 Å². The largest absolute Gasteiger partial charge is 0.417 e. The minimum atomic E-state index is -4.45. The number of aromatic nitrogens is 4. The lowest BCUT2D eigenvalue weighted by molar-refractivity contribution is -0.137. The summed E-state index contributed by atoms with van der Waals surface area (Å²) >= 11 is 0. The number of anilines is 1. The molecule has 0 N–H and O–H groups in total. The summed E-state index contributed by atoms with van der Waals surface area (Å²) < 4.78 is 45.5. The van der Waals surface area contributed by atoms with Crippen molar-refractivity contribution >= 4 is 11.5 Å². The van der Waals surface area contributed by atoms with Crippen molar-refractivity contribution in [3.8, 4) is 0 Å². The number of aryl methyl sites for hydroxylation is 1. The summed E-state index contributed by atoms with van der Waals surface area (Å²) in [5, 5.41) is 4.49. The van der Waals surface area contributed by atoms with E-state index in [9.17, 15) is 18.0 Å². The minimum absolute atomic E-state index is 0.212. The lowest BCUT2D eigenvalue weighted by atomic mass is 10.0. The predicted octanol–water partition coefficient (Wildman–Crippen LogP) is 2.83. The van der Waals surface area contributed by atoms with E-state index < -0.39 is 11.7 Å². The van der Waals surface area contributed by atoms with Gasteiger partial charge in [0.05, 0.1) is 17.9 Å². The van der Waals surface area contributed by atoms with E-state index in [1.54, 1.807) is 0 Å². The van der Waals surface area contributed by atoms with Crippen molar-refractivity contribution in [2.45, 2.75) is 39.6 Å². The minimum Gasteiger partial charge on any atom is -0.378 e. The molecule has 0 spiro atoms. The molecule has 0 atom stereocenters. The zero-order valence-electron chi connectivity index (χ0n) is 16.7. The second kappa shape index (κ2) is 7.35. The second-order valence-corrected chi connectivity index (χ2v) is 7.33. The van der Waals surface area contributed by atoms with Crippen LogP contribution in [0.4, 0.5) is 19.0 Å². The molecule has 30 heavy (non-hydrogen) atoms. The van der Waals surface area contributed by atoms with Crippen molar-refractivity contribution < 1.29 is 17.9 Å². The van der Waals surface area contributed by atoms with E-state index in [4.69, 9.17) is 4.74 Å². The molecule has 1 aliphatic heterocycles. The summed E-state index contributed by atoms with van der Waals surface area (Å²) in [6, 6.07) is 2.51. The molecule has 0 aliphatic carbocycles. The van der Waals surface area contributed by atoms with Crippen molar-refractivity contribution in [2.24, 2.45) is 0 Å². The fraction of sp³-hybridized carbons (Fsp3) is 0.400. The molecule has 0 amide bonds. The highest BCUT2D eigenvalue weighted by Crippen LogP contribution is 2.32. The average Bonchev–Trinajstić information content (AvgIpc) is 2.70. The van der Waals surface area contributed by atoms with E-state index in [1.807, 2.05) is 18.7 Å². The first-order valence-corrected chi connectivity index (χ1v) is 9.38. The first kappa shape index (κ1) is 20.3. The van der Waals surface area contributed by atoms with E-state index in [0.717, 1.165) is 23.4 Å². The Morgan fingerprint density at radius 1 is 1.20 bits per heavy atom. The molecule has 3 aromatic heterocycles. The van der Waals surface area contributed by atoms with Crippen LogP contribution in [0.3, 0.4) is 0 Å². The lowest BCUT2D eigenvalue weighted by Crippen LogP contribution is -2.34. The topological polar surface area (TPSA) is 72.6 Å². The van der Waals surface area contributed by atoms with Crippen molar-refractivity contribution in [3.05, 3.63) is 62.3 Å². The number of methoxy groups -OCH3 is 1. The van der Waals surface area contributed by atoms with Crippen LogP contribution in [0.1, 0.15) is 33.6 Å². The number of rotatable bonds is 3. The monoisotopic (exact) mass is 419 g/mol. The fourth-order valence-electron chi connectivity index (χ4n) is 3.65. The van der Waals surface area contributed by atoms with Gasteiger partial charge in [-0.25, -0.2) is 4.98 Å². The van der Waals surface area contributed by atoms with Gasteiger partial charge >= 0.3 is 6.18 Å². The molecule has 0 aromatic carbocycles. The highest BCUT2D eigenvalue weighted by atomic mass is 19.4. The van der Waals surface area contributed by atoms with Crippen LogP contribution in [0.2, 0.25) is 0 Å². The quantitative estimate of drug-likeness (QED) is 0.650. The molecule has 4 rings (SSSR count). The van der Waals surface area contributed by atoms with Gasteiger partial charge in [0.2, 0.25) is 0 Å². The Bertz CT molecular complexity index is 1190. The van der Waals surface area contributed by atoms with E-state index >= 15 is 0 Å². The SMILES string of the molecule is COCc1cc(=O)n2nc(N3CCc4ncc(C(F)(F)F)cc4C3)c(C)c(C)c2n1. The van der Waals surface area contributed by atoms with Gasteiger partial charge < -0.3 is 9.64 Å². The van der Waals surface area contributed by atoms with Gasteiger partial charge in [-0.1, -0.05) is 0 Å². The Morgan fingerprint density at radius 3 is 2.67 bits per heavy atom. The molecular formula is C20H20F3N5O2. The smallest absolute Gasteiger partial charge is 0.378 e. The number of nitrogens with zero attached hydrogens (tertiary/aromatic N) is 5. The standard InChI is InChI=1S/C20H20F3N5O2/c1-11-12(2)19(26-28-17(29)7-15(10-30-3)25-18(11)28)27-5-4-16-13(9-27)6-14(8-24-16)20(21,22)23/h6-8H,4-5,9-10H2,1-3H3. The zero-order chi connectivity index (χ0) is 21.6. The average molecular weight is 419 g/mol. The van der Waals surface area contributed by atoms with Gasteiger partial charge in [-0.15, -0.1) is 5.10 Å². The van der Waals surface area contributed by atoms with Gasteiger partial charge in [-0.05, 0) is 25.5 Å². The van der Waals surface area contributed by atoms with E-state index in [-0.39, 0.29) is 18.7 Å². The molecule has 0 saturated carbocycles. The van der Waals surface area contributed by atoms with Crippen LogP contribution in [0.25, 0.3) is 5.65 Å². The molecule has 4 heterocycles. The number of pyridine rings is 1. The third kappa shape index (κ3) is 3.51. The molecule has 1 aliphatic rings. The van der Waals surface area contributed by atoms with Gasteiger partial charge in [0.15, 0.2) is 11.5 Å². The summed E-state index contributed by atoms with van der Waals surface area (Å²) in [4.78, 5) is 22.9. The molecule has 7 nitrogen and oxygen atoms in total. The summed E-state index contributed by atoms with van der Waals surface area (Å²) in [6.45, 7) is 4.69. The number of hydrogen-bond donors (Lipinski definition) is 0. The molecule has 0 fully saturated rings. The third-order valence-corrected chi connectivity index (χ3v) is 5.34. The van der Waals surface area contributed by atoms with Crippen molar-refractivity contribution in [1.82, 2.24) is 19.6 Å². The Balaban J connectivity index is 1.77. The van der Waals surface area contributed by atoms with Crippen LogP contribution in [-0.2, 0) is 30.5 Å². The highest BCUT2D eigenvalue weighted by Gasteiger charge is 2.33. The van der Waals surface area contributed by atoms with Gasteiger partial charge in [-0.3, -0.25) is 9.78 Å². The molecule has 158 valence electrons. The Kier molecular flexibility index (Phi) is 4.97. The van der Waals surface area contributed by atoms with Crippen molar-refractivity contribution in [3.63, 3.8) is 0 Å². The molecule has 10 heteroatoms. The van der Waals surface area contributed by atoms with Crippen LogP contribution in [-0.4, -0.2) is 33.2 Å². The third-order valence-electron chi connectivity index (χ3n) is 5.34. The number of halogens is 3. The molecule has 0 saturated heterocycles. The lowest BCUT2D eigenvalue weighted by Gasteiger charge is -2.31. The number of hydrogen-bond acceptors (Lipinski definition) is 6. The summed E-state index contributed by atoms with van der Waals surface area (Å²) in [5.74, 6) is 0.548. The van der Waals surface area contributed by atoms with Gasteiger partial charge in [0, 0.05) is 55.7 Å². The van der Waals surface area contributed by atoms with Crippen LogP contribution >= 0.6 is 0 Å². The number of alkyl halides is 3.